The second-order valence-corrected chi connectivity index (χ2v) is 6.81. The number of halogens is 2. The topological polar surface area (TPSA) is 3.24 Å². The molecule has 0 atom stereocenters. The van der Waals surface area contributed by atoms with E-state index < -0.39 is 0 Å². The summed E-state index contributed by atoms with van der Waals surface area (Å²) in [5.74, 6) is 0. The summed E-state index contributed by atoms with van der Waals surface area (Å²) in [5, 5.41) is 3.80. The fraction of sp³-hybridized carbons (Fsp3) is 0.333. The van der Waals surface area contributed by atoms with Crippen LogP contribution in [-0.4, -0.2) is 6.04 Å². The van der Waals surface area contributed by atoms with E-state index in [0.717, 1.165) is 16.9 Å². The van der Waals surface area contributed by atoms with Gasteiger partial charge < -0.3 is 4.90 Å². The minimum atomic E-state index is 0.679. The Kier molecular flexibility index (Phi) is 4.15. The molecular weight excluding hydrogens is 342 g/mol. The normalized spacial score (nSPS) is 14.6. The van der Waals surface area contributed by atoms with E-state index in [1.807, 2.05) is 23.5 Å². The van der Waals surface area contributed by atoms with Gasteiger partial charge in [-0.2, -0.15) is 0 Å². The van der Waals surface area contributed by atoms with Crippen LogP contribution >= 0.6 is 38.9 Å². The summed E-state index contributed by atoms with van der Waals surface area (Å²) in [4.78, 5) is 3.92. The molecule has 1 aliphatic rings. The summed E-state index contributed by atoms with van der Waals surface area (Å²) < 4.78 is 0. The van der Waals surface area contributed by atoms with E-state index in [4.69, 9.17) is 11.6 Å². The first-order valence-electron chi connectivity index (χ1n) is 6.42. The van der Waals surface area contributed by atoms with Crippen molar-refractivity contribution < 1.29 is 0 Å². The van der Waals surface area contributed by atoms with E-state index in [-0.39, 0.29) is 0 Å². The molecule has 1 nitrogen and oxygen atoms in total. The molecule has 3 rings (SSSR count). The van der Waals surface area contributed by atoms with Crippen LogP contribution in [0.25, 0.3) is 0 Å². The van der Waals surface area contributed by atoms with Crippen molar-refractivity contribution >= 4 is 44.6 Å². The van der Waals surface area contributed by atoms with Crippen LogP contribution in [0.1, 0.15) is 23.3 Å². The second kappa shape index (κ2) is 5.86. The first kappa shape index (κ1) is 13.5. The van der Waals surface area contributed by atoms with Gasteiger partial charge in [-0.25, -0.2) is 0 Å². The molecule has 1 saturated carbocycles. The number of benzene rings is 1. The quantitative estimate of drug-likeness (QED) is 0.642. The molecule has 100 valence electrons. The minimum Gasteiger partial charge on any atom is -0.363 e. The van der Waals surface area contributed by atoms with Crippen LogP contribution in [0.5, 0.6) is 0 Å². The summed E-state index contributed by atoms with van der Waals surface area (Å²) in [7, 11) is 0. The maximum Gasteiger partial charge on any atom is 0.0526 e. The lowest BCUT2D eigenvalue weighted by molar-refractivity contribution is 0.799. The Bertz CT molecular complexity index is 551. The summed E-state index contributed by atoms with van der Waals surface area (Å²) in [6.45, 7) is 0.989. The van der Waals surface area contributed by atoms with E-state index >= 15 is 0 Å². The van der Waals surface area contributed by atoms with E-state index in [9.17, 15) is 0 Å². The third kappa shape index (κ3) is 2.99. The second-order valence-electron chi connectivity index (χ2n) is 4.81. The van der Waals surface area contributed by atoms with E-state index in [1.54, 1.807) is 0 Å². The molecule has 0 saturated heterocycles. The van der Waals surface area contributed by atoms with Crippen molar-refractivity contribution in [1.82, 2.24) is 0 Å². The Labute approximate surface area is 131 Å². The van der Waals surface area contributed by atoms with Crippen molar-refractivity contribution in [3.63, 3.8) is 0 Å². The zero-order chi connectivity index (χ0) is 13.2. The average Bonchev–Trinajstić information content (AvgIpc) is 3.13. The number of hydrogen-bond donors (Lipinski definition) is 0. The molecule has 0 N–H and O–H groups in total. The Morgan fingerprint density at radius 3 is 2.74 bits per heavy atom. The molecule has 1 fully saturated rings. The van der Waals surface area contributed by atoms with Gasteiger partial charge in [0.1, 0.15) is 0 Å². The lowest BCUT2D eigenvalue weighted by Gasteiger charge is -2.27. The molecule has 1 aromatic heterocycles. The van der Waals surface area contributed by atoms with E-state index in [0.29, 0.717) is 6.04 Å². The van der Waals surface area contributed by atoms with Gasteiger partial charge in [-0.15, -0.1) is 11.3 Å². The molecule has 1 aliphatic carbocycles. The first-order valence-corrected chi connectivity index (χ1v) is 8.80. The Morgan fingerprint density at radius 2 is 2.11 bits per heavy atom. The van der Waals surface area contributed by atoms with Crippen molar-refractivity contribution in [2.24, 2.45) is 0 Å². The molecule has 0 radical (unpaired) electrons. The summed E-state index contributed by atoms with van der Waals surface area (Å²) in [6.07, 6.45) is 2.58. The SMILES string of the molecule is Clc1cccc(N(Cc2cccs2)C2CC2)c1CBr. The smallest absolute Gasteiger partial charge is 0.0526 e. The highest BCUT2D eigenvalue weighted by molar-refractivity contribution is 9.08. The molecule has 4 heteroatoms. The van der Waals surface area contributed by atoms with Gasteiger partial charge in [0, 0.05) is 32.5 Å². The van der Waals surface area contributed by atoms with Crippen molar-refractivity contribution in [3.05, 3.63) is 51.2 Å². The van der Waals surface area contributed by atoms with Gasteiger partial charge in [0.05, 0.1) is 6.54 Å². The van der Waals surface area contributed by atoms with Crippen LogP contribution in [0, 0.1) is 0 Å². The maximum atomic E-state index is 6.33. The fourth-order valence-electron chi connectivity index (χ4n) is 2.32. The van der Waals surface area contributed by atoms with Gasteiger partial charge in [-0.05, 0) is 36.4 Å². The highest BCUT2D eigenvalue weighted by Gasteiger charge is 2.30. The van der Waals surface area contributed by atoms with Crippen LogP contribution in [0.4, 0.5) is 5.69 Å². The molecular formula is C15H15BrClNS. The lowest BCUT2D eigenvalue weighted by atomic mass is 10.1. The van der Waals surface area contributed by atoms with Crippen LogP contribution in [0.2, 0.25) is 5.02 Å². The highest BCUT2D eigenvalue weighted by atomic mass is 79.9. The predicted octanol–water partition coefficient (Wildman–Crippen LogP) is 5.47. The number of rotatable bonds is 5. The summed E-state index contributed by atoms with van der Waals surface area (Å²) >= 11 is 11.7. The van der Waals surface area contributed by atoms with Crippen LogP contribution in [-0.2, 0) is 11.9 Å². The zero-order valence-corrected chi connectivity index (χ0v) is 13.6. The highest BCUT2D eigenvalue weighted by Crippen LogP contribution is 2.38. The van der Waals surface area contributed by atoms with Crippen LogP contribution in [0.15, 0.2) is 35.7 Å². The minimum absolute atomic E-state index is 0.679. The van der Waals surface area contributed by atoms with Crippen molar-refractivity contribution in [3.8, 4) is 0 Å². The van der Waals surface area contributed by atoms with Crippen molar-refractivity contribution in [1.29, 1.82) is 0 Å². The number of alkyl halides is 1. The number of anilines is 1. The monoisotopic (exact) mass is 355 g/mol. The summed E-state index contributed by atoms with van der Waals surface area (Å²) in [6, 6.07) is 11.2. The average molecular weight is 357 g/mol. The standard InChI is InChI=1S/C15H15BrClNS/c16-9-13-14(17)4-1-5-15(13)18(11-6-7-11)10-12-3-2-8-19-12/h1-5,8,11H,6-7,9-10H2. The Morgan fingerprint density at radius 1 is 1.26 bits per heavy atom. The fourth-order valence-corrected chi connectivity index (χ4v) is 4.01. The Balaban J connectivity index is 1.94. The molecule has 1 heterocycles. The van der Waals surface area contributed by atoms with Gasteiger partial charge in [0.2, 0.25) is 0 Å². The predicted molar refractivity (Wildman–Crippen MR) is 87.6 cm³/mol. The number of nitrogens with zero attached hydrogens (tertiary/aromatic N) is 1. The van der Waals surface area contributed by atoms with E-state index in [2.05, 4.69) is 44.4 Å². The molecule has 1 aromatic carbocycles. The molecule has 0 spiro atoms. The molecule has 19 heavy (non-hydrogen) atoms. The third-order valence-corrected chi connectivity index (χ3v) is 5.21. The Hall–Kier alpha value is -0.510. The van der Waals surface area contributed by atoms with Crippen molar-refractivity contribution in [2.75, 3.05) is 4.90 Å². The van der Waals surface area contributed by atoms with Gasteiger partial charge in [-0.1, -0.05) is 39.7 Å². The largest absolute Gasteiger partial charge is 0.363 e. The zero-order valence-electron chi connectivity index (χ0n) is 10.5. The molecule has 0 unspecified atom stereocenters. The lowest BCUT2D eigenvalue weighted by Crippen LogP contribution is -2.25. The molecule has 0 bridgehead atoms. The van der Waals surface area contributed by atoms with Crippen molar-refractivity contribution in [2.45, 2.75) is 30.8 Å². The number of hydrogen-bond acceptors (Lipinski definition) is 2. The van der Waals surface area contributed by atoms with Gasteiger partial charge in [0.25, 0.3) is 0 Å². The number of thiophene rings is 1. The van der Waals surface area contributed by atoms with E-state index in [1.165, 1.54) is 29.0 Å². The molecule has 0 aliphatic heterocycles. The molecule has 2 aromatic rings. The van der Waals surface area contributed by atoms with Gasteiger partial charge in [-0.3, -0.25) is 0 Å². The van der Waals surface area contributed by atoms with Gasteiger partial charge >= 0.3 is 0 Å². The molecule has 0 amide bonds. The maximum absolute atomic E-state index is 6.33. The van der Waals surface area contributed by atoms with Gasteiger partial charge in [0.15, 0.2) is 0 Å². The first-order chi connectivity index (χ1) is 9.29. The van der Waals surface area contributed by atoms with Crippen LogP contribution in [0.3, 0.4) is 0 Å². The van der Waals surface area contributed by atoms with Crippen LogP contribution < -0.4 is 4.90 Å². The third-order valence-electron chi connectivity index (χ3n) is 3.43. The summed E-state index contributed by atoms with van der Waals surface area (Å²) in [5.41, 5.74) is 2.48.